The molecule has 0 saturated carbocycles. The van der Waals surface area contributed by atoms with E-state index in [9.17, 15) is 5.11 Å². The van der Waals surface area contributed by atoms with E-state index < -0.39 is 25.4 Å². The van der Waals surface area contributed by atoms with Gasteiger partial charge in [-0.2, -0.15) is 10.2 Å². The Morgan fingerprint density at radius 2 is 0.815 bits per heavy atom. The Balaban J connectivity index is 0.000000138. The van der Waals surface area contributed by atoms with Crippen LogP contribution in [-0.2, 0) is 48.8 Å². The molecular formula is C101H95B2Br4N13O10. The molecule has 10 heterocycles. The van der Waals surface area contributed by atoms with Crippen LogP contribution in [-0.4, -0.2) is 135 Å². The first-order valence-corrected chi connectivity index (χ1v) is 44.9. The minimum atomic E-state index is -1.46. The van der Waals surface area contributed by atoms with Crippen LogP contribution in [0.25, 0.3) is 111 Å². The molecule has 1 fully saturated rings. The number of hydrogen-bond acceptors (Lipinski definition) is 19. The molecule has 9 aromatic heterocycles. The third-order valence-electron chi connectivity index (χ3n) is 22.7. The van der Waals surface area contributed by atoms with Gasteiger partial charge in [-0.25, -0.2) is 9.97 Å². The van der Waals surface area contributed by atoms with Gasteiger partial charge in [0.1, 0.15) is 22.9 Å². The predicted molar refractivity (Wildman–Crippen MR) is 529 cm³/mol. The Hall–Kier alpha value is -12.1. The number of rotatable bonds is 18. The molecule has 130 heavy (non-hydrogen) atoms. The molecule has 0 unspecified atom stereocenters. The number of para-hydroxylation sites is 4. The minimum Gasteiger partial charge on any atom is -0.497 e. The maximum atomic E-state index is 9.60. The Kier molecular flexibility index (Phi) is 30.9. The maximum absolute atomic E-state index is 9.60. The number of benzene rings is 9. The Labute approximate surface area is 787 Å². The molecular weight excluding hydrogens is 1900 g/mol. The summed E-state index contributed by atoms with van der Waals surface area (Å²) in [5, 5.41) is 66.0. The number of aliphatic hydroxyl groups is 4. The fourth-order valence-corrected chi connectivity index (χ4v) is 16.2. The van der Waals surface area contributed by atoms with Crippen molar-refractivity contribution in [3.05, 3.63) is 348 Å². The van der Waals surface area contributed by atoms with E-state index in [2.05, 4.69) is 194 Å². The van der Waals surface area contributed by atoms with Crippen molar-refractivity contribution in [3.8, 4) is 79.0 Å². The second-order valence-electron chi connectivity index (χ2n) is 31.9. The lowest BCUT2D eigenvalue weighted by Gasteiger charge is -2.32. The van der Waals surface area contributed by atoms with E-state index in [4.69, 9.17) is 64.3 Å². The third-order valence-corrected chi connectivity index (χ3v) is 25.9. The number of methoxy groups -OCH3 is 2. The first-order chi connectivity index (χ1) is 62.7. The van der Waals surface area contributed by atoms with Gasteiger partial charge in [0.15, 0.2) is 11.6 Å². The number of imidazole rings is 2. The number of aromatic nitrogens is 13. The summed E-state index contributed by atoms with van der Waals surface area (Å²) in [5.74, 6) is 3.12. The number of H-pyrrole nitrogens is 2. The number of aromatic amines is 2. The van der Waals surface area contributed by atoms with Gasteiger partial charge in [-0.15, -0.1) is 0 Å². The highest BCUT2D eigenvalue weighted by molar-refractivity contribution is 9.11. The van der Waals surface area contributed by atoms with Crippen LogP contribution in [0.3, 0.4) is 0 Å². The lowest BCUT2D eigenvalue weighted by atomic mass is 9.78. The first kappa shape index (κ1) is 94.1. The van der Waals surface area contributed by atoms with Crippen LogP contribution in [0.4, 0.5) is 0 Å². The Morgan fingerprint density at radius 3 is 1.26 bits per heavy atom. The van der Waals surface area contributed by atoms with Crippen LogP contribution in [0.2, 0.25) is 0 Å². The van der Waals surface area contributed by atoms with Gasteiger partial charge in [0, 0.05) is 107 Å². The normalized spacial score (nSPS) is 12.4. The van der Waals surface area contributed by atoms with Crippen molar-refractivity contribution in [1.29, 1.82) is 0 Å². The van der Waals surface area contributed by atoms with Crippen molar-refractivity contribution in [2.45, 2.75) is 106 Å². The van der Waals surface area contributed by atoms with Gasteiger partial charge in [-0.1, -0.05) is 127 Å². The standard InChI is InChI=1S/C34H28N6O2.C28H29BN4O3.2C13H12BrNO.C7H9BO3.C6H5Br2N/c1-21-28(17-35-18-29(21)24-13-14-36-25(15-24)20-41)23-9-12-32-27(16-23)33(34-37-30-5-3-4-6-31(30)38-34)39-40(32)19-22-7-10-26(42-2)11-8-22;1-27(2)28(3,4)36-29(35-27)19-12-15-24-21(16-19)25(26-30-22-8-6-7-9-23(22)31-26)32-33(24)17-18-10-13-20(34-5)14-11-18;2*1-9-12(6-15-7-13(9)14)11-4-2-3-10(5-11)8-16;9-5-6-2-1-3-7(4-6)8(10)11;1-4-5(7)2-9-3-6(4)8/h3-18,41H,19-20H2,1-2H3,(H,37,38);6-16H,17H2,1-5H3,(H,30,31);2*2-7,16H,8H2,1H3;1-4,9-11H,5H2;2-3H,1H3. The SMILES string of the molecule is COc1ccc(Cn2nc(-c3nc4ccccc4[nH]3)c3cc(-c4cncc(-c5ccnc(CO)c5)c4C)ccc32)cc1.COc1ccc(Cn2nc(-c3nc4ccccc4[nH]3)c3cc(B4OC(C)(C)C(C)(C)O4)ccc32)cc1.Cc1c(Br)cncc1-c1cccc(CO)c1.Cc1c(Br)cncc1-c1cccc(CO)c1.Cc1c(Br)cncc1Br.OCc1cccc(B(O)O)c1. The number of pyridine rings is 5. The van der Waals surface area contributed by atoms with Crippen LogP contribution >= 0.6 is 63.7 Å². The summed E-state index contributed by atoms with van der Waals surface area (Å²) in [7, 11) is 1.44. The highest BCUT2D eigenvalue weighted by Gasteiger charge is 2.52. The van der Waals surface area contributed by atoms with Crippen molar-refractivity contribution in [2.24, 2.45) is 0 Å². The lowest BCUT2D eigenvalue weighted by molar-refractivity contribution is 0.00578. The summed E-state index contributed by atoms with van der Waals surface area (Å²) in [5.41, 5.74) is 26.2. The van der Waals surface area contributed by atoms with Gasteiger partial charge >= 0.3 is 14.2 Å². The molecule has 18 aromatic rings. The van der Waals surface area contributed by atoms with Crippen LogP contribution < -0.4 is 20.4 Å². The number of halogens is 4. The summed E-state index contributed by atoms with van der Waals surface area (Å²) < 4.78 is 31.4. The summed E-state index contributed by atoms with van der Waals surface area (Å²) in [4.78, 5) is 37.7. The van der Waals surface area contributed by atoms with Crippen LogP contribution in [0, 0.1) is 27.7 Å². The highest BCUT2D eigenvalue weighted by Crippen LogP contribution is 2.40. The number of ether oxygens (including phenoxy) is 2. The van der Waals surface area contributed by atoms with Crippen molar-refractivity contribution in [1.82, 2.24) is 64.4 Å². The molecule has 0 atom stereocenters. The molecule has 0 radical (unpaired) electrons. The molecule has 658 valence electrons. The van der Waals surface area contributed by atoms with Crippen molar-refractivity contribution in [2.75, 3.05) is 14.2 Å². The van der Waals surface area contributed by atoms with E-state index in [1.165, 1.54) is 5.56 Å². The average molecular weight is 1990 g/mol. The second-order valence-corrected chi connectivity index (χ2v) is 35.3. The lowest BCUT2D eigenvalue weighted by Crippen LogP contribution is -2.41. The van der Waals surface area contributed by atoms with Gasteiger partial charge < -0.3 is 59.2 Å². The topological polar surface area (TPSA) is 316 Å². The van der Waals surface area contributed by atoms with Gasteiger partial charge in [-0.05, 0) is 293 Å². The van der Waals surface area contributed by atoms with Crippen LogP contribution in [0.15, 0.2) is 292 Å². The third kappa shape index (κ3) is 22.2. The quantitative estimate of drug-likeness (QED) is 0.0370. The highest BCUT2D eigenvalue weighted by atomic mass is 79.9. The molecule has 23 nitrogen and oxygen atoms in total. The molecule has 8 N–H and O–H groups in total. The molecule has 9 aromatic carbocycles. The smallest absolute Gasteiger partial charge is 0.494 e. The largest absolute Gasteiger partial charge is 0.497 e. The Morgan fingerprint density at radius 1 is 0.408 bits per heavy atom. The van der Waals surface area contributed by atoms with E-state index in [1.807, 2.05) is 188 Å². The average Bonchev–Trinajstić information content (AvgIpc) is 1.60. The van der Waals surface area contributed by atoms with E-state index in [0.29, 0.717) is 29.8 Å². The van der Waals surface area contributed by atoms with Gasteiger partial charge in [0.05, 0.1) is 104 Å². The zero-order valence-corrected chi connectivity index (χ0v) is 79.5. The van der Waals surface area contributed by atoms with E-state index in [-0.39, 0.29) is 26.4 Å². The van der Waals surface area contributed by atoms with Crippen LogP contribution in [0.5, 0.6) is 11.5 Å². The van der Waals surface area contributed by atoms with E-state index >= 15 is 0 Å². The molecule has 0 aliphatic carbocycles. The van der Waals surface area contributed by atoms with Crippen molar-refractivity contribution >= 4 is 133 Å². The number of aliphatic hydroxyl groups excluding tert-OH is 4. The van der Waals surface area contributed by atoms with Crippen LogP contribution in [0.1, 0.15) is 83.5 Å². The summed E-state index contributed by atoms with van der Waals surface area (Å²) in [6.07, 6.45) is 16.3. The van der Waals surface area contributed by atoms with Gasteiger partial charge in [0.25, 0.3) is 0 Å². The summed E-state index contributed by atoms with van der Waals surface area (Å²) >= 11 is 13.6. The summed E-state index contributed by atoms with van der Waals surface area (Å²) in [6, 6.07) is 70.9. The molecule has 0 spiro atoms. The monoisotopic (exact) mass is 1990 g/mol. The molecule has 1 saturated heterocycles. The van der Waals surface area contributed by atoms with Gasteiger partial charge in [0.2, 0.25) is 0 Å². The number of fused-ring (bicyclic) bond motifs is 4. The predicted octanol–water partition coefficient (Wildman–Crippen LogP) is 19.9. The van der Waals surface area contributed by atoms with Crippen molar-refractivity contribution in [3.63, 3.8) is 0 Å². The zero-order chi connectivity index (χ0) is 91.9. The molecule has 1 aliphatic heterocycles. The number of nitrogens with zero attached hydrogens (tertiary/aromatic N) is 11. The summed E-state index contributed by atoms with van der Waals surface area (Å²) in [6.45, 7) is 17.7. The molecule has 29 heteroatoms. The zero-order valence-electron chi connectivity index (χ0n) is 73.1. The fraction of sp³-hybridized carbons (Fsp3) is 0.178. The van der Waals surface area contributed by atoms with E-state index in [0.717, 1.165) is 185 Å². The maximum Gasteiger partial charge on any atom is 0.494 e. The first-order valence-electron chi connectivity index (χ1n) is 41.7. The van der Waals surface area contributed by atoms with E-state index in [1.54, 1.807) is 69.5 Å². The Bertz CT molecular complexity index is 6800. The van der Waals surface area contributed by atoms with Gasteiger partial charge in [-0.3, -0.25) is 34.3 Å². The number of nitrogens with one attached hydrogen (secondary N) is 2. The molecule has 1 aliphatic rings. The molecule has 19 rings (SSSR count). The molecule has 0 bridgehead atoms. The second kappa shape index (κ2) is 42.7. The minimum absolute atomic E-state index is 0.0638. The fourth-order valence-electron chi connectivity index (χ4n) is 14.6. The molecule has 0 amide bonds. The number of hydrogen-bond donors (Lipinski definition) is 8. The van der Waals surface area contributed by atoms with Crippen molar-refractivity contribution < 1.29 is 49.3 Å².